The highest BCUT2D eigenvalue weighted by Gasteiger charge is 2.42. The first kappa shape index (κ1) is 27.4. The molecule has 0 amide bonds. The summed E-state index contributed by atoms with van der Waals surface area (Å²) in [5, 5.41) is 11.2. The normalized spacial score (nSPS) is 14.5. The molecule has 3 atom stereocenters. The summed E-state index contributed by atoms with van der Waals surface area (Å²) in [7, 11) is -2.23. The summed E-state index contributed by atoms with van der Waals surface area (Å²) in [6, 6.07) is 20.1. The molecule has 0 aliphatic rings. The van der Waals surface area contributed by atoms with Crippen LogP contribution in [0.4, 0.5) is 0 Å². The number of ether oxygens (including phenoxy) is 2. The Hall–Kier alpha value is -3.20. The first-order valence-corrected chi connectivity index (χ1v) is 14.8. The zero-order valence-electron chi connectivity index (χ0n) is 21.3. The Morgan fingerprint density at radius 3 is 1.86 bits per heavy atom. The first-order valence-electron chi connectivity index (χ1n) is 11.9. The third-order valence-electron chi connectivity index (χ3n) is 6.42. The lowest BCUT2D eigenvalue weighted by Crippen LogP contribution is -2.47. The van der Waals surface area contributed by atoms with Crippen molar-refractivity contribution in [3.05, 3.63) is 95.9 Å². The van der Waals surface area contributed by atoms with Gasteiger partial charge in [-0.3, -0.25) is 0 Å². The summed E-state index contributed by atoms with van der Waals surface area (Å²) in [5.41, 5.74) is 0.613. The minimum Gasteiger partial charge on any atom is -0.465 e. The standard InChI is InChI=1S/C28H34O7Si/c1-28(2,3)36(4,5)33-19-22(29)24(34-26(30)20-13-8-6-9-14-20)25(23-17-12-18-32-23)35-27(31)21-15-10-7-11-16-21/h6-18,22,24-25,29H,19H2,1-5H3/t22-,24-,25-/m1/s1. The van der Waals surface area contributed by atoms with Gasteiger partial charge in [0.25, 0.3) is 0 Å². The molecule has 36 heavy (non-hydrogen) atoms. The topological polar surface area (TPSA) is 95.2 Å². The van der Waals surface area contributed by atoms with E-state index >= 15 is 0 Å². The smallest absolute Gasteiger partial charge is 0.338 e. The molecule has 0 spiro atoms. The van der Waals surface area contributed by atoms with Crippen molar-refractivity contribution in [3.63, 3.8) is 0 Å². The van der Waals surface area contributed by atoms with E-state index in [9.17, 15) is 14.7 Å². The molecule has 1 heterocycles. The molecule has 7 nitrogen and oxygen atoms in total. The van der Waals surface area contributed by atoms with Gasteiger partial charge < -0.3 is 23.4 Å². The van der Waals surface area contributed by atoms with Crippen LogP contribution in [-0.4, -0.2) is 44.2 Å². The lowest BCUT2D eigenvalue weighted by Gasteiger charge is -2.38. The van der Waals surface area contributed by atoms with Crippen molar-refractivity contribution in [1.82, 2.24) is 0 Å². The molecule has 0 saturated heterocycles. The van der Waals surface area contributed by atoms with Crippen molar-refractivity contribution >= 4 is 20.3 Å². The first-order chi connectivity index (χ1) is 17.0. The van der Waals surface area contributed by atoms with Crippen molar-refractivity contribution in [3.8, 4) is 0 Å². The molecule has 2 aromatic carbocycles. The second kappa shape index (κ2) is 11.7. The molecule has 3 rings (SSSR count). The van der Waals surface area contributed by atoms with E-state index in [1.54, 1.807) is 72.8 Å². The molecular formula is C28H34O7Si. The third kappa shape index (κ3) is 6.93. The summed E-state index contributed by atoms with van der Waals surface area (Å²) in [5.74, 6) is -1.08. The Kier molecular flexibility index (Phi) is 8.89. The average molecular weight is 511 g/mol. The summed E-state index contributed by atoms with van der Waals surface area (Å²) in [6.07, 6.45) is -2.38. The predicted molar refractivity (Wildman–Crippen MR) is 138 cm³/mol. The van der Waals surface area contributed by atoms with E-state index in [0.717, 1.165) is 0 Å². The molecular weight excluding hydrogens is 476 g/mol. The fraction of sp³-hybridized carbons (Fsp3) is 0.357. The lowest BCUT2D eigenvalue weighted by molar-refractivity contribution is -0.0986. The van der Waals surface area contributed by atoms with Crippen LogP contribution in [-0.2, 0) is 13.9 Å². The van der Waals surface area contributed by atoms with Gasteiger partial charge in [0.15, 0.2) is 20.5 Å². The minimum absolute atomic E-state index is 0.0941. The number of benzene rings is 2. The Morgan fingerprint density at radius 2 is 1.39 bits per heavy atom. The van der Waals surface area contributed by atoms with E-state index in [1.165, 1.54) is 6.26 Å². The van der Waals surface area contributed by atoms with Crippen molar-refractivity contribution in [2.45, 2.75) is 57.2 Å². The number of carbonyl (C=O) groups is 2. The summed E-state index contributed by atoms with van der Waals surface area (Å²) >= 11 is 0. The molecule has 0 saturated carbocycles. The fourth-order valence-electron chi connectivity index (χ4n) is 3.21. The second-order valence-corrected chi connectivity index (χ2v) is 14.9. The minimum atomic E-state index is -2.23. The van der Waals surface area contributed by atoms with Crippen molar-refractivity contribution in [1.29, 1.82) is 0 Å². The number of hydrogen-bond donors (Lipinski definition) is 1. The van der Waals surface area contributed by atoms with E-state index < -0.39 is 38.6 Å². The summed E-state index contributed by atoms with van der Waals surface area (Å²) in [4.78, 5) is 26.0. The highest BCUT2D eigenvalue weighted by molar-refractivity contribution is 6.74. The molecule has 0 unspecified atom stereocenters. The quantitative estimate of drug-likeness (QED) is 0.273. The zero-order chi connectivity index (χ0) is 26.3. The molecule has 1 N–H and O–H groups in total. The van der Waals surface area contributed by atoms with Gasteiger partial charge >= 0.3 is 11.9 Å². The van der Waals surface area contributed by atoms with Crippen molar-refractivity contribution in [2.75, 3.05) is 6.61 Å². The predicted octanol–water partition coefficient (Wildman–Crippen LogP) is 5.79. The molecule has 0 aliphatic heterocycles. The van der Waals surface area contributed by atoms with Crippen LogP contribution >= 0.6 is 0 Å². The highest BCUT2D eigenvalue weighted by Crippen LogP contribution is 2.37. The van der Waals surface area contributed by atoms with E-state index in [2.05, 4.69) is 33.9 Å². The van der Waals surface area contributed by atoms with Crippen LogP contribution in [0.25, 0.3) is 0 Å². The van der Waals surface area contributed by atoms with Crippen molar-refractivity contribution < 1.29 is 33.0 Å². The number of aliphatic hydroxyl groups is 1. The number of carbonyl (C=O) groups excluding carboxylic acids is 2. The maximum absolute atomic E-state index is 13.0. The monoisotopic (exact) mass is 510 g/mol. The summed E-state index contributed by atoms with van der Waals surface area (Å²) < 4.78 is 23.3. The number of rotatable bonds is 10. The van der Waals surface area contributed by atoms with Gasteiger partial charge in [-0.25, -0.2) is 9.59 Å². The fourth-order valence-corrected chi connectivity index (χ4v) is 4.23. The van der Waals surface area contributed by atoms with Gasteiger partial charge in [0, 0.05) is 0 Å². The molecule has 3 aromatic rings. The van der Waals surface area contributed by atoms with E-state index in [1.807, 2.05) is 0 Å². The number of aliphatic hydroxyl groups excluding tert-OH is 1. The Balaban J connectivity index is 1.92. The lowest BCUT2D eigenvalue weighted by atomic mass is 10.1. The van der Waals surface area contributed by atoms with Crippen molar-refractivity contribution in [2.24, 2.45) is 0 Å². The van der Waals surface area contributed by atoms with Crippen LogP contribution in [0.2, 0.25) is 18.1 Å². The van der Waals surface area contributed by atoms with Crippen LogP contribution < -0.4 is 0 Å². The SMILES string of the molecule is CC(C)(C)[Si](C)(C)OC[C@@H](O)[C@@H](OC(=O)c1ccccc1)[C@H](OC(=O)c1ccccc1)c1ccco1. The molecule has 0 radical (unpaired) electrons. The Morgan fingerprint density at radius 1 is 0.861 bits per heavy atom. The molecule has 0 aliphatic carbocycles. The average Bonchev–Trinajstić information content (AvgIpc) is 3.39. The van der Waals surface area contributed by atoms with E-state index in [4.69, 9.17) is 18.3 Å². The van der Waals surface area contributed by atoms with Gasteiger partial charge in [-0.15, -0.1) is 0 Å². The maximum atomic E-state index is 13.0. The van der Waals surface area contributed by atoms with Crippen LogP contribution in [0.3, 0.4) is 0 Å². The van der Waals surface area contributed by atoms with Crippen LogP contribution in [0, 0.1) is 0 Å². The van der Waals surface area contributed by atoms with Gasteiger partial charge in [0.2, 0.25) is 0 Å². The van der Waals surface area contributed by atoms with Gasteiger partial charge in [-0.1, -0.05) is 57.2 Å². The van der Waals surface area contributed by atoms with Gasteiger partial charge in [0.1, 0.15) is 11.9 Å². The zero-order valence-corrected chi connectivity index (χ0v) is 22.3. The second-order valence-electron chi connectivity index (χ2n) is 10.1. The molecule has 0 bridgehead atoms. The van der Waals surface area contributed by atoms with Crippen LogP contribution in [0.5, 0.6) is 0 Å². The molecule has 8 heteroatoms. The summed E-state index contributed by atoms with van der Waals surface area (Å²) in [6.45, 7) is 10.3. The number of hydrogen-bond acceptors (Lipinski definition) is 7. The van der Waals surface area contributed by atoms with E-state index in [0.29, 0.717) is 11.1 Å². The van der Waals surface area contributed by atoms with Gasteiger partial charge in [-0.05, 0) is 54.5 Å². The van der Waals surface area contributed by atoms with Gasteiger partial charge in [0.05, 0.1) is 24.0 Å². The molecule has 192 valence electrons. The number of esters is 2. The van der Waals surface area contributed by atoms with Crippen LogP contribution in [0.15, 0.2) is 83.5 Å². The van der Waals surface area contributed by atoms with E-state index in [-0.39, 0.29) is 17.4 Å². The maximum Gasteiger partial charge on any atom is 0.338 e. The molecule has 0 fully saturated rings. The largest absolute Gasteiger partial charge is 0.465 e. The van der Waals surface area contributed by atoms with Gasteiger partial charge in [-0.2, -0.15) is 0 Å². The third-order valence-corrected chi connectivity index (χ3v) is 10.9. The van der Waals surface area contributed by atoms with Crippen LogP contribution in [0.1, 0.15) is 53.4 Å². The highest BCUT2D eigenvalue weighted by atomic mass is 28.4. The Bertz CT molecular complexity index is 1110. The number of furan rings is 1. The Labute approximate surface area is 213 Å². The molecule has 1 aromatic heterocycles.